The first-order valence-corrected chi connectivity index (χ1v) is 9.59. The second-order valence-corrected chi connectivity index (χ2v) is 6.97. The van der Waals surface area contributed by atoms with Crippen molar-refractivity contribution in [3.05, 3.63) is 95.8 Å². The monoisotopic (exact) mass is 381 g/mol. The average Bonchev–Trinajstić information content (AvgIpc) is 2.76. The molecule has 0 saturated carbocycles. The van der Waals surface area contributed by atoms with E-state index in [2.05, 4.69) is 52.6 Å². The molecule has 0 aliphatic heterocycles. The molecule has 0 radical (unpaired) electrons. The van der Waals surface area contributed by atoms with Gasteiger partial charge in [-0.25, -0.2) is 4.98 Å². The lowest BCUT2D eigenvalue weighted by molar-refractivity contribution is 1.04. The summed E-state index contributed by atoms with van der Waals surface area (Å²) in [7, 11) is 0. The Balaban J connectivity index is 1.64. The number of hydrogen-bond acceptors (Lipinski definition) is 5. The maximum Gasteiger partial charge on any atom is 0.225 e. The van der Waals surface area contributed by atoms with Gasteiger partial charge in [0.25, 0.3) is 0 Å². The van der Waals surface area contributed by atoms with E-state index in [-0.39, 0.29) is 0 Å². The van der Waals surface area contributed by atoms with E-state index in [0.29, 0.717) is 12.5 Å². The quantitative estimate of drug-likeness (QED) is 0.461. The van der Waals surface area contributed by atoms with Crippen LogP contribution in [0.15, 0.2) is 79.1 Å². The van der Waals surface area contributed by atoms with Crippen molar-refractivity contribution in [1.82, 2.24) is 15.0 Å². The van der Waals surface area contributed by atoms with E-state index in [1.807, 2.05) is 54.7 Å². The van der Waals surface area contributed by atoms with Crippen LogP contribution < -0.4 is 10.6 Å². The van der Waals surface area contributed by atoms with E-state index < -0.39 is 0 Å². The van der Waals surface area contributed by atoms with Crippen molar-refractivity contribution >= 4 is 17.5 Å². The topological polar surface area (TPSA) is 62.7 Å². The Kier molecular flexibility index (Phi) is 5.47. The first-order chi connectivity index (χ1) is 14.2. The zero-order valence-corrected chi connectivity index (χ0v) is 16.6. The second-order valence-electron chi connectivity index (χ2n) is 6.97. The van der Waals surface area contributed by atoms with E-state index in [9.17, 15) is 0 Å². The van der Waals surface area contributed by atoms with Crippen molar-refractivity contribution in [2.75, 3.05) is 10.6 Å². The Bertz CT molecular complexity index is 1090. The molecule has 29 heavy (non-hydrogen) atoms. The third kappa shape index (κ3) is 4.76. The Morgan fingerprint density at radius 2 is 1.69 bits per heavy atom. The van der Waals surface area contributed by atoms with E-state index >= 15 is 0 Å². The van der Waals surface area contributed by atoms with E-state index in [0.717, 1.165) is 28.3 Å². The van der Waals surface area contributed by atoms with Crippen LogP contribution in [0.2, 0.25) is 0 Å². The molecule has 2 aromatic carbocycles. The van der Waals surface area contributed by atoms with Crippen LogP contribution in [0.25, 0.3) is 11.3 Å². The summed E-state index contributed by atoms with van der Waals surface area (Å²) in [6, 6.07) is 22.3. The summed E-state index contributed by atoms with van der Waals surface area (Å²) in [4.78, 5) is 13.5. The minimum atomic E-state index is 0.571. The predicted molar refractivity (Wildman–Crippen MR) is 118 cm³/mol. The van der Waals surface area contributed by atoms with Gasteiger partial charge in [0, 0.05) is 36.3 Å². The van der Waals surface area contributed by atoms with Gasteiger partial charge in [-0.3, -0.25) is 4.98 Å². The van der Waals surface area contributed by atoms with Gasteiger partial charge in [0.2, 0.25) is 5.95 Å². The fourth-order valence-corrected chi connectivity index (χ4v) is 3.00. The SMILES string of the molecule is Cc1ccc(Nc2cc(-c3ccccc3)nc(NCc3cccnc3)n2)cc1C. The Hall–Kier alpha value is -3.73. The summed E-state index contributed by atoms with van der Waals surface area (Å²) in [5.74, 6) is 1.32. The maximum atomic E-state index is 4.71. The molecule has 0 spiro atoms. The number of rotatable bonds is 6. The molecule has 0 atom stereocenters. The summed E-state index contributed by atoms with van der Waals surface area (Å²) in [6.45, 7) is 4.82. The van der Waals surface area contributed by atoms with Gasteiger partial charge in [-0.15, -0.1) is 0 Å². The molecule has 4 rings (SSSR count). The second kappa shape index (κ2) is 8.52. The lowest BCUT2D eigenvalue weighted by Gasteiger charge is -2.12. The highest BCUT2D eigenvalue weighted by Crippen LogP contribution is 2.24. The Morgan fingerprint density at radius 1 is 0.828 bits per heavy atom. The molecular formula is C24H23N5. The molecule has 0 saturated heterocycles. The van der Waals surface area contributed by atoms with Crippen molar-refractivity contribution in [3.63, 3.8) is 0 Å². The van der Waals surface area contributed by atoms with Gasteiger partial charge in [0.05, 0.1) is 5.69 Å². The first-order valence-electron chi connectivity index (χ1n) is 9.59. The highest BCUT2D eigenvalue weighted by atomic mass is 15.1. The lowest BCUT2D eigenvalue weighted by Crippen LogP contribution is -2.06. The van der Waals surface area contributed by atoms with Crippen LogP contribution in [0.5, 0.6) is 0 Å². The lowest BCUT2D eigenvalue weighted by atomic mass is 10.1. The number of nitrogens with zero attached hydrogens (tertiary/aromatic N) is 3. The van der Waals surface area contributed by atoms with Gasteiger partial charge in [0.15, 0.2) is 0 Å². The number of aromatic nitrogens is 3. The highest BCUT2D eigenvalue weighted by Gasteiger charge is 2.08. The molecule has 2 heterocycles. The molecule has 4 aromatic rings. The van der Waals surface area contributed by atoms with Crippen LogP contribution in [0, 0.1) is 13.8 Å². The number of anilines is 3. The molecule has 5 nitrogen and oxygen atoms in total. The number of benzene rings is 2. The average molecular weight is 381 g/mol. The van der Waals surface area contributed by atoms with E-state index in [1.54, 1.807) is 6.20 Å². The van der Waals surface area contributed by atoms with Gasteiger partial charge >= 0.3 is 0 Å². The summed E-state index contributed by atoms with van der Waals surface area (Å²) < 4.78 is 0. The van der Waals surface area contributed by atoms with Crippen LogP contribution in [0.3, 0.4) is 0 Å². The van der Waals surface area contributed by atoms with Gasteiger partial charge in [-0.05, 0) is 48.7 Å². The number of aryl methyl sites for hydroxylation is 2. The van der Waals surface area contributed by atoms with E-state index in [1.165, 1.54) is 11.1 Å². The molecule has 0 unspecified atom stereocenters. The summed E-state index contributed by atoms with van der Waals surface area (Å²) in [6.07, 6.45) is 3.60. The van der Waals surface area contributed by atoms with Crippen molar-refractivity contribution in [3.8, 4) is 11.3 Å². The van der Waals surface area contributed by atoms with Gasteiger partial charge in [-0.2, -0.15) is 4.98 Å². The minimum Gasteiger partial charge on any atom is -0.350 e. The van der Waals surface area contributed by atoms with Gasteiger partial charge in [-0.1, -0.05) is 42.5 Å². The molecule has 0 fully saturated rings. The number of nitrogens with one attached hydrogen (secondary N) is 2. The molecule has 0 amide bonds. The van der Waals surface area contributed by atoms with Crippen LogP contribution >= 0.6 is 0 Å². The van der Waals surface area contributed by atoms with Crippen molar-refractivity contribution in [2.24, 2.45) is 0 Å². The number of pyridine rings is 1. The zero-order chi connectivity index (χ0) is 20.1. The standard InChI is InChI=1S/C24H23N5/c1-17-10-11-21(13-18(17)2)27-23-14-22(20-8-4-3-5-9-20)28-24(29-23)26-16-19-7-6-12-25-15-19/h3-15H,16H2,1-2H3,(H2,26,27,28,29). The Labute approximate surface area is 170 Å². The normalized spacial score (nSPS) is 10.6. The van der Waals surface area contributed by atoms with Gasteiger partial charge in [0.1, 0.15) is 5.82 Å². The summed E-state index contributed by atoms with van der Waals surface area (Å²) >= 11 is 0. The third-order valence-corrected chi connectivity index (χ3v) is 4.75. The largest absolute Gasteiger partial charge is 0.350 e. The molecular weight excluding hydrogens is 358 g/mol. The van der Waals surface area contributed by atoms with Crippen LogP contribution in [0.1, 0.15) is 16.7 Å². The van der Waals surface area contributed by atoms with Gasteiger partial charge < -0.3 is 10.6 Å². The zero-order valence-electron chi connectivity index (χ0n) is 16.6. The first kappa shape index (κ1) is 18.6. The Morgan fingerprint density at radius 3 is 2.45 bits per heavy atom. The third-order valence-electron chi connectivity index (χ3n) is 4.75. The molecule has 0 aliphatic carbocycles. The maximum absolute atomic E-state index is 4.71. The molecule has 2 N–H and O–H groups in total. The summed E-state index contributed by atoms with van der Waals surface area (Å²) in [5.41, 5.74) is 6.49. The smallest absolute Gasteiger partial charge is 0.225 e. The van der Waals surface area contributed by atoms with Crippen LogP contribution in [-0.2, 0) is 6.54 Å². The fraction of sp³-hybridized carbons (Fsp3) is 0.125. The molecule has 2 aromatic heterocycles. The van der Waals surface area contributed by atoms with Crippen molar-refractivity contribution in [1.29, 1.82) is 0 Å². The molecule has 0 aliphatic rings. The van der Waals surface area contributed by atoms with Crippen LogP contribution in [0.4, 0.5) is 17.5 Å². The van der Waals surface area contributed by atoms with Crippen molar-refractivity contribution in [2.45, 2.75) is 20.4 Å². The van der Waals surface area contributed by atoms with Crippen molar-refractivity contribution < 1.29 is 0 Å². The predicted octanol–water partition coefficient (Wildman–Crippen LogP) is 5.51. The number of hydrogen-bond donors (Lipinski definition) is 2. The van der Waals surface area contributed by atoms with E-state index in [4.69, 9.17) is 4.98 Å². The molecule has 0 bridgehead atoms. The fourth-order valence-electron chi connectivity index (χ4n) is 3.00. The summed E-state index contributed by atoms with van der Waals surface area (Å²) in [5, 5.41) is 6.73. The van der Waals surface area contributed by atoms with Crippen LogP contribution in [-0.4, -0.2) is 15.0 Å². The molecule has 144 valence electrons. The minimum absolute atomic E-state index is 0.571. The molecule has 5 heteroatoms. The highest BCUT2D eigenvalue weighted by molar-refractivity contribution is 5.67.